The van der Waals surface area contributed by atoms with Gasteiger partial charge in [0.25, 0.3) is 11.8 Å². The number of carboxylic acid groups (broad SMARTS) is 1. The van der Waals surface area contributed by atoms with Crippen LogP contribution < -0.4 is 15.5 Å². The molecule has 0 atom stereocenters. The first-order chi connectivity index (χ1) is 14.0. The molecule has 0 aromatic heterocycles. The minimum Gasteiger partial charge on any atom is -0.481 e. The van der Waals surface area contributed by atoms with Crippen molar-refractivity contribution in [2.24, 2.45) is 0 Å². The fourth-order valence-corrected chi connectivity index (χ4v) is 2.94. The number of aliphatic carboxylic acids is 1. The van der Waals surface area contributed by atoms with Gasteiger partial charge in [-0.05, 0) is 48.5 Å². The number of carboxylic acids is 1. The Morgan fingerprint density at radius 1 is 0.897 bits per heavy atom. The van der Waals surface area contributed by atoms with Crippen LogP contribution >= 0.6 is 0 Å². The predicted molar refractivity (Wildman–Crippen MR) is 108 cm³/mol. The third-order valence-electron chi connectivity index (χ3n) is 4.54. The zero-order valence-corrected chi connectivity index (χ0v) is 15.9. The van der Waals surface area contributed by atoms with Gasteiger partial charge in [0, 0.05) is 42.1 Å². The molecule has 0 unspecified atom stereocenters. The van der Waals surface area contributed by atoms with Gasteiger partial charge in [0.1, 0.15) is 0 Å². The highest BCUT2D eigenvalue weighted by Crippen LogP contribution is 2.18. The molecule has 8 nitrogen and oxygen atoms in total. The number of anilines is 2. The van der Waals surface area contributed by atoms with Gasteiger partial charge in [-0.2, -0.15) is 0 Å². The van der Waals surface area contributed by atoms with Crippen molar-refractivity contribution in [2.75, 3.05) is 43.1 Å². The van der Waals surface area contributed by atoms with Crippen molar-refractivity contribution in [3.05, 3.63) is 59.7 Å². The van der Waals surface area contributed by atoms with Crippen LogP contribution in [0.2, 0.25) is 0 Å². The Morgan fingerprint density at radius 2 is 1.48 bits per heavy atom. The molecular weight excluding hydrogens is 374 g/mol. The van der Waals surface area contributed by atoms with Gasteiger partial charge in [0.2, 0.25) is 0 Å². The summed E-state index contributed by atoms with van der Waals surface area (Å²) in [6, 6.07) is 13.8. The van der Waals surface area contributed by atoms with Crippen LogP contribution in [0.15, 0.2) is 48.5 Å². The number of rotatable bonds is 7. The summed E-state index contributed by atoms with van der Waals surface area (Å²) < 4.78 is 5.35. The summed E-state index contributed by atoms with van der Waals surface area (Å²) >= 11 is 0. The van der Waals surface area contributed by atoms with Gasteiger partial charge in [0.05, 0.1) is 19.6 Å². The van der Waals surface area contributed by atoms with E-state index in [2.05, 4.69) is 15.5 Å². The van der Waals surface area contributed by atoms with Gasteiger partial charge in [0.15, 0.2) is 0 Å². The highest BCUT2D eigenvalue weighted by Gasteiger charge is 2.13. The Labute approximate surface area is 168 Å². The van der Waals surface area contributed by atoms with Crippen molar-refractivity contribution in [3.63, 3.8) is 0 Å². The molecule has 1 fully saturated rings. The van der Waals surface area contributed by atoms with E-state index < -0.39 is 5.97 Å². The molecule has 2 aromatic rings. The maximum absolute atomic E-state index is 12.4. The highest BCUT2D eigenvalue weighted by atomic mass is 16.5. The van der Waals surface area contributed by atoms with E-state index in [-0.39, 0.29) is 24.8 Å². The molecule has 2 aromatic carbocycles. The lowest BCUT2D eigenvalue weighted by Crippen LogP contribution is -2.36. The molecule has 2 amide bonds. The Balaban J connectivity index is 1.54. The number of nitrogens with one attached hydrogen (secondary N) is 2. The van der Waals surface area contributed by atoms with Gasteiger partial charge in [-0.3, -0.25) is 14.4 Å². The zero-order chi connectivity index (χ0) is 20.6. The number of hydrogen-bond acceptors (Lipinski definition) is 5. The molecule has 0 spiro atoms. The Hall–Kier alpha value is -3.39. The maximum Gasteiger partial charge on any atom is 0.305 e. The lowest BCUT2D eigenvalue weighted by atomic mass is 10.1. The molecule has 3 N–H and O–H groups in total. The fraction of sp³-hybridized carbons (Fsp3) is 0.286. The van der Waals surface area contributed by atoms with Crippen molar-refractivity contribution in [3.8, 4) is 0 Å². The van der Waals surface area contributed by atoms with Crippen LogP contribution in [0.3, 0.4) is 0 Å². The van der Waals surface area contributed by atoms with Gasteiger partial charge < -0.3 is 25.4 Å². The first-order valence-electron chi connectivity index (χ1n) is 9.37. The van der Waals surface area contributed by atoms with Crippen LogP contribution in [0.4, 0.5) is 11.4 Å². The van der Waals surface area contributed by atoms with E-state index in [0.29, 0.717) is 30.0 Å². The third-order valence-corrected chi connectivity index (χ3v) is 4.54. The fourth-order valence-electron chi connectivity index (χ4n) is 2.94. The summed E-state index contributed by atoms with van der Waals surface area (Å²) in [7, 11) is 0. The monoisotopic (exact) mass is 397 g/mol. The summed E-state index contributed by atoms with van der Waals surface area (Å²) in [5, 5.41) is 13.9. The summed E-state index contributed by atoms with van der Waals surface area (Å²) in [6.07, 6.45) is -0.135. The molecule has 8 heteroatoms. The summed E-state index contributed by atoms with van der Waals surface area (Å²) in [6.45, 7) is 3.14. The summed E-state index contributed by atoms with van der Waals surface area (Å²) in [5.74, 6) is -1.57. The molecule has 0 radical (unpaired) electrons. The largest absolute Gasteiger partial charge is 0.481 e. The molecule has 1 aliphatic heterocycles. The first kappa shape index (κ1) is 20.3. The van der Waals surface area contributed by atoms with Crippen LogP contribution in [-0.2, 0) is 9.53 Å². The van der Waals surface area contributed by atoms with E-state index in [1.54, 1.807) is 36.4 Å². The summed E-state index contributed by atoms with van der Waals surface area (Å²) in [5.41, 5.74) is 2.55. The lowest BCUT2D eigenvalue weighted by Gasteiger charge is -2.28. The number of hydrogen-bond donors (Lipinski definition) is 3. The highest BCUT2D eigenvalue weighted by molar-refractivity contribution is 6.04. The molecular formula is C21H23N3O5. The molecule has 0 aliphatic carbocycles. The minimum absolute atomic E-state index is 0.0626. The number of benzene rings is 2. The van der Waals surface area contributed by atoms with E-state index in [9.17, 15) is 14.4 Å². The Kier molecular flexibility index (Phi) is 6.80. The molecule has 1 heterocycles. The van der Waals surface area contributed by atoms with E-state index in [4.69, 9.17) is 9.84 Å². The van der Waals surface area contributed by atoms with Gasteiger partial charge in [-0.25, -0.2) is 0 Å². The Bertz CT molecular complexity index is 859. The van der Waals surface area contributed by atoms with E-state index in [1.807, 2.05) is 12.1 Å². The lowest BCUT2D eigenvalue weighted by molar-refractivity contribution is -0.136. The van der Waals surface area contributed by atoms with Crippen LogP contribution in [-0.4, -0.2) is 55.7 Å². The number of nitrogens with zero attached hydrogens (tertiary/aromatic N) is 1. The van der Waals surface area contributed by atoms with Gasteiger partial charge in [-0.15, -0.1) is 0 Å². The molecule has 29 heavy (non-hydrogen) atoms. The van der Waals surface area contributed by atoms with Crippen molar-refractivity contribution in [1.82, 2.24) is 5.32 Å². The number of carbonyl (C=O) groups excluding carboxylic acids is 2. The molecule has 3 rings (SSSR count). The predicted octanol–water partition coefficient (Wildman–Crippen LogP) is 1.98. The molecule has 0 bridgehead atoms. The van der Waals surface area contributed by atoms with Crippen LogP contribution in [0.25, 0.3) is 0 Å². The minimum atomic E-state index is -0.971. The number of amides is 2. The van der Waals surface area contributed by atoms with E-state index in [0.717, 1.165) is 18.8 Å². The van der Waals surface area contributed by atoms with Gasteiger partial charge >= 0.3 is 5.97 Å². The summed E-state index contributed by atoms with van der Waals surface area (Å²) in [4.78, 5) is 37.1. The second kappa shape index (κ2) is 9.70. The standard InChI is InChI=1S/C21H23N3O5/c25-19(26)9-10-22-20(27)15-1-5-17(6-2-15)23-21(28)16-3-7-18(8-4-16)24-11-13-29-14-12-24/h1-8H,9-14H2,(H,22,27)(H,23,28)(H,25,26). The smallest absolute Gasteiger partial charge is 0.305 e. The van der Waals surface area contributed by atoms with Crippen LogP contribution in [0, 0.1) is 0 Å². The molecule has 1 saturated heterocycles. The molecule has 0 saturated carbocycles. The van der Waals surface area contributed by atoms with Crippen LogP contribution in [0.1, 0.15) is 27.1 Å². The first-order valence-corrected chi connectivity index (χ1v) is 9.37. The Morgan fingerprint density at radius 3 is 2.10 bits per heavy atom. The quantitative estimate of drug-likeness (QED) is 0.659. The topological polar surface area (TPSA) is 108 Å². The average Bonchev–Trinajstić information content (AvgIpc) is 2.74. The van der Waals surface area contributed by atoms with Crippen molar-refractivity contribution >= 4 is 29.2 Å². The normalized spacial score (nSPS) is 13.6. The van der Waals surface area contributed by atoms with Crippen molar-refractivity contribution < 1.29 is 24.2 Å². The second-order valence-electron chi connectivity index (χ2n) is 6.58. The SMILES string of the molecule is O=C(O)CCNC(=O)c1ccc(NC(=O)c2ccc(N3CCOCC3)cc2)cc1. The molecule has 1 aliphatic rings. The van der Waals surface area contributed by atoms with E-state index >= 15 is 0 Å². The van der Waals surface area contributed by atoms with Crippen LogP contribution in [0.5, 0.6) is 0 Å². The number of ether oxygens (including phenoxy) is 1. The average molecular weight is 397 g/mol. The number of morpholine rings is 1. The van der Waals surface area contributed by atoms with E-state index in [1.165, 1.54) is 0 Å². The van der Waals surface area contributed by atoms with Crippen molar-refractivity contribution in [2.45, 2.75) is 6.42 Å². The van der Waals surface area contributed by atoms with Gasteiger partial charge in [-0.1, -0.05) is 0 Å². The maximum atomic E-state index is 12.4. The molecule has 152 valence electrons. The zero-order valence-electron chi connectivity index (χ0n) is 15.9. The van der Waals surface area contributed by atoms with Crippen molar-refractivity contribution in [1.29, 1.82) is 0 Å². The third kappa shape index (κ3) is 5.79. The number of carbonyl (C=O) groups is 3. The second-order valence-corrected chi connectivity index (χ2v) is 6.58.